The topological polar surface area (TPSA) is 40.5 Å². The molecule has 2 N–H and O–H groups in total. The summed E-state index contributed by atoms with van der Waals surface area (Å²) in [5.74, 6) is 0. The van der Waals surface area contributed by atoms with Crippen LogP contribution in [0.4, 0.5) is 0 Å². The normalized spacial score (nSPS) is 15.6. The van der Waals surface area contributed by atoms with Gasteiger partial charge >= 0.3 is 0 Å². The van der Waals surface area contributed by atoms with Gasteiger partial charge in [0.2, 0.25) is 0 Å². The highest BCUT2D eigenvalue weighted by atomic mass is 16.3. The van der Waals surface area contributed by atoms with E-state index in [0.717, 1.165) is 12.8 Å². The van der Waals surface area contributed by atoms with Crippen LogP contribution in [0.1, 0.15) is 36.8 Å². The Kier molecular flexibility index (Phi) is 7.38. The molecule has 2 rings (SSSR count). The zero-order valence-corrected chi connectivity index (χ0v) is 15.5. The molecule has 0 bridgehead atoms. The smallest absolute Gasteiger partial charge is 0.0829 e. The molecule has 0 saturated carbocycles. The van der Waals surface area contributed by atoms with Crippen LogP contribution in [0.2, 0.25) is 0 Å². The first kappa shape index (κ1) is 20.2. The molecule has 0 fully saturated rings. The van der Waals surface area contributed by atoms with E-state index in [-0.39, 0.29) is 0 Å². The summed E-state index contributed by atoms with van der Waals surface area (Å²) in [6.07, 6.45) is 6.87. The van der Waals surface area contributed by atoms with Gasteiger partial charge in [-0.05, 0) is 49.7 Å². The van der Waals surface area contributed by atoms with Crippen LogP contribution in [0.5, 0.6) is 0 Å². The summed E-state index contributed by atoms with van der Waals surface area (Å²) in [6.45, 7) is 7.62. The summed E-state index contributed by atoms with van der Waals surface area (Å²) in [7, 11) is 0. The average Bonchev–Trinajstić information content (AvgIpc) is 2.71. The van der Waals surface area contributed by atoms with Gasteiger partial charge in [-0.3, -0.25) is 0 Å². The monoisotopic (exact) mass is 350 g/mol. The minimum absolute atomic E-state index is 0.459. The molecule has 2 nitrogen and oxygen atoms in total. The quantitative estimate of drug-likeness (QED) is 0.568. The van der Waals surface area contributed by atoms with Crippen molar-refractivity contribution in [1.29, 1.82) is 0 Å². The Hall–Kier alpha value is -2.16. The zero-order valence-electron chi connectivity index (χ0n) is 15.5. The van der Waals surface area contributed by atoms with Crippen LogP contribution >= 0.6 is 0 Å². The summed E-state index contributed by atoms with van der Waals surface area (Å²) in [4.78, 5) is 0. The zero-order chi connectivity index (χ0) is 18.9. The SMILES string of the molecule is C=CC(O)(CCc1ccccc1)CCC(O)(C=C)CCc1ccccc1. The molecule has 0 aliphatic carbocycles. The largest absolute Gasteiger partial charge is 0.386 e. The van der Waals surface area contributed by atoms with Crippen LogP contribution in [-0.2, 0) is 12.8 Å². The standard InChI is InChI=1S/C24H30O2/c1-3-23(25,17-15-21-11-7-5-8-12-21)19-20-24(26,4-2)18-16-22-13-9-6-10-14-22/h3-14,25-26H,1-2,15-20H2. The second-order valence-electron chi connectivity index (χ2n) is 7.09. The summed E-state index contributed by atoms with van der Waals surface area (Å²) in [5.41, 5.74) is 0.408. The van der Waals surface area contributed by atoms with E-state index in [1.807, 2.05) is 36.4 Å². The Balaban J connectivity index is 1.90. The Morgan fingerprint density at radius 3 is 1.27 bits per heavy atom. The average molecular weight is 351 g/mol. The molecule has 0 heterocycles. The lowest BCUT2D eigenvalue weighted by molar-refractivity contribution is 0.0202. The van der Waals surface area contributed by atoms with Gasteiger partial charge in [-0.2, -0.15) is 0 Å². The van der Waals surface area contributed by atoms with Gasteiger partial charge in [0.1, 0.15) is 0 Å². The lowest BCUT2D eigenvalue weighted by atomic mass is 9.83. The fourth-order valence-corrected chi connectivity index (χ4v) is 3.10. The van der Waals surface area contributed by atoms with Crippen LogP contribution in [0.25, 0.3) is 0 Å². The number of aliphatic hydroxyl groups is 2. The maximum absolute atomic E-state index is 10.9. The number of hydrogen-bond acceptors (Lipinski definition) is 2. The molecule has 0 aromatic heterocycles. The fraction of sp³-hybridized carbons (Fsp3) is 0.333. The van der Waals surface area contributed by atoms with Gasteiger partial charge in [-0.25, -0.2) is 0 Å². The molecule has 0 radical (unpaired) electrons. The maximum Gasteiger partial charge on any atom is 0.0829 e. The van der Waals surface area contributed by atoms with Crippen LogP contribution in [0.3, 0.4) is 0 Å². The third-order valence-electron chi connectivity index (χ3n) is 5.13. The molecule has 0 aliphatic heterocycles. The Morgan fingerprint density at radius 2 is 0.962 bits per heavy atom. The van der Waals surface area contributed by atoms with Gasteiger partial charge in [0, 0.05) is 0 Å². The van der Waals surface area contributed by atoms with Gasteiger partial charge in [-0.1, -0.05) is 72.8 Å². The minimum Gasteiger partial charge on any atom is -0.386 e. The van der Waals surface area contributed by atoms with Crippen molar-refractivity contribution in [3.05, 3.63) is 97.1 Å². The summed E-state index contributed by atoms with van der Waals surface area (Å²) in [5, 5.41) is 21.7. The Bertz CT molecular complexity index is 618. The lowest BCUT2D eigenvalue weighted by Crippen LogP contribution is -2.33. The molecule has 138 valence electrons. The van der Waals surface area contributed by atoms with Crippen molar-refractivity contribution in [1.82, 2.24) is 0 Å². The van der Waals surface area contributed by atoms with Gasteiger partial charge < -0.3 is 10.2 Å². The van der Waals surface area contributed by atoms with Gasteiger partial charge in [0.05, 0.1) is 11.2 Å². The van der Waals surface area contributed by atoms with E-state index in [1.54, 1.807) is 12.2 Å². The first-order valence-corrected chi connectivity index (χ1v) is 9.28. The Morgan fingerprint density at radius 1 is 0.615 bits per heavy atom. The van der Waals surface area contributed by atoms with Crippen molar-refractivity contribution in [2.24, 2.45) is 0 Å². The number of aryl methyl sites for hydroxylation is 2. The van der Waals surface area contributed by atoms with Crippen molar-refractivity contribution < 1.29 is 10.2 Å². The van der Waals surface area contributed by atoms with E-state index >= 15 is 0 Å². The summed E-state index contributed by atoms with van der Waals surface area (Å²) >= 11 is 0. The van der Waals surface area contributed by atoms with Gasteiger partial charge in [0.15, 0.2) is 0 Å². The third-order valence-corrected chi connectivity index (χ3v) is 5.13. The van der Waals surface area contributed by atoms with E-state index in [2.05, 4.69) is 37.4 Å². The summed E-state index contributed by atoms with van der Waals surface area (Å²) in [6, 6.07) is 20.2. The lowest BCUT2D eigenvalue weighted by Gasteiger charge is -2.30. The molecule has 2 unspecified atom stereocenters. The molecular weight excluding hydrogens is 320 g/mol. The predicted octanol–water partition coefficient (Wildman–Crippen LogP) is 4.87. The Labute approximate surface area is 157 Å². The molecule has 2 aromatic carbocycles. The molecule has 0 aliphatic rings. The van der Waals surface area contributed by atoms with E-state index in [4.69, 9.17) is 0 Å². The molecule has 0 amide bonds. The van der Waals surface area contributed by atoms with E-state index in [9.17, 15) is 10.2 Å². The van der Waals surface area contributed by atoms with Crippen molar-refractivity contribution in [3.8, 4) is 0 Å². The molecular formula is C24H30O2. The van der Waals surface area contributed by atoms with E-state index in [0.29, 0.717) is 25.7 Å². The van der Waals surface area contributed by atoms with E-state index in [1.165, 1.54) is 11.1 Å². The van der Waals surface area contributed by atoms with Crippen molar-refractivity contribution in [2.75, 3.05) is 0 Å². The van der Waals surface area contributed by atoms with Crippen molar-refractivity contribution >= 4 is 0 Å². The molecule has 2 atom stereocenters. The fourth-order valence-electron chi connectivity index (χ4n) is 3.10. The molecule has 0 spiro atoms. The van der Waals surface area contributed by atoms with Crippen molar-refractivity contribution in [2.45, 2.75) is 49.7 Å². The maximum atomic E-state index is 10.9. The number of benzene rings is 2. The first-order chi connectivity index (χ1) is 12.5. The molecule has 2 heteroatoms. The highest BCUT2D eigenvalue weighted by Gasteiger charge is 2.29. The molecule has 0 saturated heterocycles. The third kappa shape index (κ3) is 6.29. The predicted molar refractivity (Wildman–Crippen MR) is 109 cm³/mol. The number of hydrogen-bond donors (Lipinski definition) is 2. The van der Waals surface area contributed by atoms with Crippen LogP contribution in [-0.4, -0.2) is 21.4 Å². The molecule has 26 heavy (non-hydrogen) atoms. The highest BCUT2D eigenvalue weighted by molar-refractivity contribution is 5.17. The van der Waals surface area contributed by atoms with Crippen molar-refractivity contribution in [3.63, 3.8) is 0 Å². The van der Waals surface area contributed by atoms with Gasteiger partial charge in [0.25, 0.3) is 0 Å². The summed E-state index contributed by atoms with van der Waals surface area (Å²) < 4.78 is 0. The minimum atomic E-state index is -0.987. The van der Waals surface area contributed by atoms with Crippen LogP contribution in [0.15, 0.2) is 86.0 Å². The second kappa shape index (κ2) is 9.51. The molecule has 2 aromatic rings. The first-order valence-electron chi connectivity index (χ1n) is 9.28. The van der Waals surface area contributed by atoms with Crippen LogP contribution in [0, 0.1) is 0 Å². The van der Waals surface area contributed by atoms with E-state index < -0.39 is 11.2 Å². The highest BCUT2D eigenvalue weighted by Crippen LogP contribution is 2.29. The van der Waals surface area contributed by atoms with Crippen LogP contribution < -0.4 is 0 Å². The number of rotatable bonds is 11. The van der Waals surface area contributed by atoms with Gasteiger partial charge in [-0.15, -0.1) is 13.2 Å². The second-order valence-corrected chi connectivity index (χ2v) is 7.09.